The number of hydrogen-bond donors (Lipinski definition) is 1. The van der Waals surface area contributed by atoms with E-state index in [1.165, 1.54) is 4.90 Å². The molecule has 1 amide bonds. The third-order valence-corrected chi connectivity index (χ3v) is 4.32. The Labute approximate surface area is 123 Å². The van der Waals surface area contributed by atoms with Crippen LogP contribution in [0.15, 0.2) is 11.8 Å². The molecule has 2 aliphatic rings. The molecule has 0 saturated carbocycles. The minimum Gasteiger partial charge on any atom is -0.490 e. The van der Waals surface area contributed by atoms with Crippen LogP contribution in [0.5, 0.6) is 0 Å². The third-order valence-electron chi connectivity index (χ3n) is 4.32. The maximum Gasteiger partial charge on any atom is 0.329 e. The summed E-state index contributed by atoms with van der Waals surface area (Å²) in [7, 11) is 0. The van der Waals surface area contributed by atoms with Crippen LogP contribution in [-0.4, -0.2) is 46.4 Å². The predicted octanol–water partition coefficient (Wildman–Crippen LogP) is 1.50. The second kappa shape index (κ2) is 6.28. The molecule has 2 aliphatic heterocycles. The normalized spacial score (nSPS) is 25.8. The maximum absolute atomic E-state index is 12.5. The highest BCUT2D eigenvalue weighted by molar-refractivity contribution is 6.42. The Balaban J connectivity index is 2.24. The monoisotopic (exact) mass is 295 g/mol. The number of carboxylic acids is 1. The van der Waals surface area contributed by atoms with Gasteiger partial charge in [-0.25, -0.2) is 4.79 Å². The number of rotatable bonds is 4. The molecule has 2 heterocycles. The van der Waals surface area contributed by atoms with Crippen molar-refractivity contribution in [2.45, 2.75) is 51.0 Å². The van der Waals surface area contributed by atoms with Gasteiger partial charge in [0.1, 0.15) is 5.54 Å². The second-order valence-electron chi connectivity index (χ2n) is 5.49. The lowest BCUT2D eigenvalue weighted by Crippen LogP contribution is -2.60. The van der Waals surface area contributed by atoms with Crippen molar-refractivity contribution in [1.29, 1.82) is 0 Å². The number of nitrogens with zero attached hydrogens (tertiary/aromatic N) is 1. The zero-order valence-corrected chi connectivity index (χ0v) is 12.3. The maximum atomic E-state index is 12.5. The minimum atomic E-state index is -1.26. The number of aliphatic carboxylic acids is 1. The number of likely N-dealkylation sites (tertiary alicyclic amines) is 1. The van der Waals surface area contributed by atoms with Gasteiger partial charge in [0, 0.05) is 6.54 Å². The topological polar surface area (TPSA) is 83.9 Å². The van der Waals surface area contributed by atoms with Gasteiger partial charge in [0.15, 0.2) is 5.76 Å². The first-order valence-electron chi connectivity index (χ1n) is 7.45. The number of allylic oxidation sites excluding steroid dienone is 1. The van der Waals surface area contributed by atoms with Crippen molar-refractivity contribution in [3.8, 4) is 0 Å². The average Bonchev–Trinajstić information content (AvgIpc) is 2.53. The highest BCUT2D eigenvalue weighted by Gasteiger charge is 2.48. The summed E-state index contributed by atoms with van der Waals surface area (Å²) < 4.78 is 5.23. The van der Waals surface area contributed by atoms with Crippen LogP contribution in [-0.2, 0) is 19.1 Å². The van der Waals surface area contributed by atoms with Gasteiger partial charge in [0.2, 0.25) is 0 Å². The van der Waals surface area contributed by atoms with Crippen LogP contribution in [0.4, 0.5) is 0 Å². The highest BCUT2D eigenvalue weighted by atomic mass is 16.5. The first-order chi connectivity index (χ1) is 10.0. The van der Waals surface area contributed by atoms with E-state index in [-0.39, 0.29) is 5.76 Å². The Bertz CT molecular complexity index is 484. The molecular weight excluding hydrogens is 274 g/mol. The van der Waals surface area contributed by atoms with Gasteiger partial charge >= 0.3 is 5.97 Å². The smallest absolute Gasteiger partial charge is 0.329 e. The molecule has 0 aromatic rings. The van der Waals surface area contributed by atoms with Crippen molar-refractivity contribution in [2.75, 3.05) is 13.2 Å². The standard InChI is InChI=1S/C15H21NO5/c1-2-15(14(19)20)8-4-5-9-16(15)13(18)12(17)11-7-3-6-10-21-11/h7H,2-6,8-10H2,1H3,(H,19,20). The number of carbonyl (C=O) groups is 3. The van der Waals surface area contributed by atoms with Crippen LogP contribution in [0.1, 0.15) is 45.4 Å². The lowest BCUT2D eigenvalue weighted by atomic mass is 9.83. The van der Waals surface area contributed by atoms with E-state index < -0.39 is 23.2 Å². The number of carbonyl (C=O) groups excluding carboxylic acids is 2. The summed E-state index contributed by atoms with van der Waals surface area (Å²) in [6, 6.07) is 0. The molecule has 116 valence electrons. The van der Waals surface area contributed by atoms with E-state index in [0.29, 0.717) is 38.8 Å². The Morgan fingerprint density at radius 3 is 2.67 bits per heavy atom. The van der Waals surface area contributed by atoms with Gasteiger partial charge in [-0.3, -0.25) is 9.59 Å². The number of ketones is 1. The lowest BCUT2D eigenvalue weighted by molar-refractivity contribution is -0.165. The molecule has 1 N–H and O–H groups in total. The number of piperidine rings is 1. The summed E-state index contributed by atoms with van der Waals surface area (Å²) in [6.45, 7) is 2.46. The molecule has 1 atom stereocenters. The molecule has 1 saturated heterocycles. The van der Waals surface area contributed by atoms with Gasteiger partial charge in [0.05, 0.1) is 6.61 Å². The van der Waals surface area contributed by atoms with E-state index in [2.05, 4.69) is 0 Å². The average molecular weight is 295 g/mol. The van der Waals surface area contributed by atoms with Crippen LogP contribution >= 0.6 is 0 Å². The van der Waals surface area contributed by atoms with Crippen molar-refractivity contribution in [3.63, 3.8) is 0 Å². The Morgan fingerprint density at radius 1 is 1.33 bits per heavy atom. The fourth-order valence-corrected chi connectivity index (χ4v) is 3.02. The SMILES string of the molecule is CCC1(C(=O)O)CCCCN1C(=O)C(=O)C1=CCCCO1. The Morgan fingerprint density at radius 2 is 2.10 bits per heavy atom. The van der Waals surface area contributed by atoms with Crippen LogP contribution < -0.4 is 0 Å². The summed E-state index contributed by atoms with van der Waals surface area (Å²) in [6.07, 6.45) is 5.28. The highest BCUT2D eigenvalue weighted by Crippen LogP contribution is 2.32. The molecule has 0 radical (unpaired) electrons. The predicted molar refractivity (Wildman–Crippen MR) is 74.5 cm³/mol. The molecule has 1 fully saturated rings. The van der Waals surface area contributed by atoms with Gasteiger partial charge < -0.3 is 14.7 Å². The first kappa shape index (κ1) is 15.5. The third kappa shape index (κ3) is 2.80. The zero-order valence-electron chi connectivity index (χ0n) is 12.3. The van der Waals surface area contributed by atoms with Crippen molar-refractivity contribution in [2.24, 2.45) is 0 Å². The number of hydrogen-bond acceptors (Lipinski definition) is 4. The summed E-state index contributed by atoms with van der Waals surface area (Å²) >= 11 is 0. The number of carboxylic acid groups (broad SMARTS) is 1. The molecule has 0 aromatic heterocycles. The fraction of sp³-hybridized carbons (Fsp3) is 0.667. The molecule has 2 rings (SSSR count). The van der Waals surface area contributed by atoms with E-state index in [0.717, 1.165) is 12.8 Å². The van der Waals surface area contributed by atoms with Crippen molar-refractivity contribution in [3.05, 3.63) is 11.8 Å². The van der Waals surface area contributed by atoms with Crippen LogP contribution in [0.25, 0.3) is 0 Å². The molecule has 6 nitrogen and oxygen atoms in total. The number of Topliss-reactive ketones (excluding diaryl/α,β-unsaturated/α-hetero) is 1. The molecule has 0 aliphatic carbocycles. The first-order valence-corrected chi connectivity index (χ1v) is 7.45. The summed E-state index contributed by atoms with van der Waals surface area (Å²) in [5.74, 6) is -2.46. The number of ether oxygens (including phenoxy) is 1. The van der Waals surface area contributed by atoms with E-state index in [9.17, 15) is 19.5 Å². The Kier molecular flexibility index (Phi) is 4.65. The van der Waals surface area contributed by atoms with Gasteiger partial charge in [-0.15, -0.1) is 0 Å². The fourth-order valence-electron chi connectivity index (χ4n) is 3.02. The van der Waals surface area contributed by atoms with Crippen LogP contribution in [0, 0.1) is 0 Å². The quantitative estimate of drug-likeness (QED) is 0.794. The van der Waals surface area contributed by atoms with E-state index in [4.69, 9.17) is 4.74 Å². The molecule has 1 unspecified atom stereocenters. The number of amides is 1. The van der Waals surface area contributed by atoms with Crippen molar-refractivity contribution < 1.29 is 24.2 Å². The van der Waals surface area contributed by atoms with E-state index in [1.807, 2.05) is 0 Å². The molecule has 6 heteroatoms. The van der Waals surface area contributed by atoms with Crippen LogP contribution in [0.3, 0.4) is 0 Å². The van der Waals surface area contributed by atoms with E-state index in [1.54, 1.807) is 13.0 Å². The molecule has 21 heavy (non-hydrogen) atoms. The summed E-state index contributed by atoms with van der Waals surface area (Å²) in [5, 5.41) is 9.55. The van der Waals surface area contributed by atoms with Gasteiger partial charge in [0.25, 0.3) is 11.7 Å². The van der Waals surface area contributed by atoms with Crippen molar-refractivity contribution in [1.82, 2.24) is 4.90 Å². The molecule has 0 aromatic carbocycles. The summed E-state index contributed by atoms with van der Waals surface area (Å²) in [4.78, 5) is 37.6. The van der Waals surface area contributed by atoms with Crippen molar-refractivity contribution >= 4 is 17.7 Å². The second-order valence-corrected chi connectivity index (χ2v) is 5.49. The van der Waals surface area contributed by atoms with Gasteiger partial charge in [-0.1, -0.05) is 6.92 Å². The molecule has 0 spiro atoms. The van der Waals surface area contributed by atoms with Gasteiger partial charge in [-0.05, 0) is 44.6 Å². The largest absolute Gasteiger partial charge is 0.490 e. The van der Waals surface area contributed by atoms with Gasteiger partial charge in [-0.2, -0.15) is 0 Å². The zero-order chi connectivity index (χ0) is 15.5. The molecular formula is C15H21NO5. The van der Waals surface area contributed by atoms with E-state index >= 15 is 0 Å². The lowest BCUT2D eigenvalue weighted by Gasteiger charge is -2.43. The Hall–Kier alpha value is -1.85. The molecule has 0 bridgehead atoms. The minimum absolute atomic E-state index is 0.0622. The van der Waals surface area contributed by atoms with Crippen LogP contribution in [0.2, 0.25) is 0 Å². The summed E-state index contributed by atoms with van der Waals surface area (Å²) in [5.41, 5.74) is -1.26.